The van der Waals surface area contributed by atoms with E-state index in [0.717, 1.165) is 25.1 Å². The van der Waals surface area contributed by atoms with Crippen LogP contribution in [-0.2, 0) is 0 Å². The van der Waals surface area contributed by atoms with E-state index < -0.39 is 5.97 Å². The Hall–Kier alpha value is -1.62. The molecule has 2 nitrogen and oxygen atoms in total. The molecular weight excluding hydrogens is 339 g/mol. The molecule has 0 spiro atoms. The number of fused-ring (bicyclic) bond motifs is 3. The number of hydrogen-bond acceptors (Lipinski definition) is 1. The van der Waals surface area contributed by atoms with E-state index in [0.29, 0.717) is 5.56 Å². The summed E-state index contributed by atoms with van der Waals surface area (Å²) >= 11 is 2.12. The van der Waals surface area contributed by atoms with Gasteiger partial charge in [-0.25, -0.2) is 4.79 Å². The molecule has 1 N–H and O–H groups in total. The summed E-state index contributed by atoms with van der Waals surface area (Å²) in [6, 6.07) is 15.6. The maximum absolute atomic E-state index is 11.5. The highest BCUT2D eigenvalue weighted by molar-refractivity contribution is 14.1. The van der Waals surface area contributed by atoms with Crippen molar-refractivity contribution in [1.29, 1.82) is 0 Å². The molecule has 3 rings (SSSR count). The first kappa shape index (κ1) is 11.5. The zero-order valence-corrected chi connectivity index (χ0v) is 11.5. The maximum atomic E-state index is 11.5. The van der Waals surface area contributed by atoms with Gasteiger partial charge in [0.2, 0.25) is 0 Å². The number of aromatic carboxylic acids is 1. The van der Waals surface area contributed by atoms with Crippen molar-refractivity contribution in [1.82, 2.24) is 0 Å². The van der Waals surface area contributed by atoms with Crippen LogP contribution >= 0.6 is 22.6 Å². The van der Waals surface area contributed by atoms with Gasteiger partial charge in [-0.15, -0.1) is 0 Å². The quantitative estimate of drug-likeness (QED) is 0.526. The van der Waals surface area contributed by atoms with Crippen molar-refractivity contribution in [2.75, 3.05) is 0 Å². The molecule has 0 saturated carbocycles. The van der Waals surface area contributed by atoms with Crippen LogP contribution in [0.2, 0.25) is 0 Å². The summed E-state index contributed by atoms with van der Waals surface area (Å²) in [5.41, 5.74) is 0.393. The molecule has 88 valence electrons. The van der Waals surface area contributed by atoms with Gasteiger partial charge in [-0.3, -0.25) is 0 Å². The normalized spacial score (nSPS) is 10.9. The fraction of sp³-hybridized carbons (Fsp3) is 0. The van der Waals surface area contributed by atoms with Crippen LogP contribution in [0.4, 0.5) is 0 Å². The van der Waals surface area contributed by atoms with Crippen molar-refractivity contribution in [3.05, 3.63) is 57.7 Å². The Morgan fingerprint density at radius 3 is 1.83 bits per heavy atom. The summed E-state index contributed by atoms with van der Waals surface area (Å²) in [6.45, 7) is 0. The van der Waals surface area contributed by atoms with Gasteiger partial charge < -0.3 is 5.11 Å². The predicted octanol–water partition coefficient (Wildman–Crippen LogP) is 4.30. The zero-order valence-electron chi connectivity index (χ0n) is 9.35. The molecule has 3 heteroatoms. The SMILES string of the molecule is O=C(O)c1c(I)c2ccccc2c2ccccc12. The third-order valence-electron chi connectivity index (χ3n) is 3.08. The lowest BCUT2D eigenvalue weighted by Crippen LogP contribution is -2.02. The summed E-state index contributed by atoms with van der Waals surface area (Å²) in [5.74, 6) is -0.874. The molecular formula is C15H9IO2. The van der Waals surface area contributed by atoms with E-state index in [-0.39, 0.29) is 0 Å². The van der Waals surface area contributed by atoms with E-state index in [1.54, 1.807) is 0 Å². The number of carboxylic acids is 1. The van der Waals surface area contributed by atoms with E-state index in [4.69, 9.17) is 0 Å². The van der Waals surface area contributed by atoms with Gasteiger partial charge in [-0.05, 0) is 44.1 Å². The molecule has 0 saturated heterocycles. The number of carboxylic acid groups (broad SMARTS) is 1. The highest BCUT2D eigenvalue weighted by atomic mass is 127. The van der Waals surface area contributed by atoms with E-state index in [1.807, 2.05) is 48.5 Å². The van der Waals surface area contributed by atoms with E-state index in [2.05, 4.69) is 22.6 Å². The molecule has 3 aromatic carbocycles. The van der Waals surface area contributed by atoms with Gasteiger partial charge in [0.25, 0.3) is 0 Å². The van der Waals surface area contributed by atoms with Gasteiger partial charge in [-0.2, -0.15) is 0 Å². The molecule has 0 aromatic heterocycles. The Morgan fingerprint density at radius 1 is 0.833 bits per heavy atom. The summed E-state index contributed by atoms with van der Waals surface area (Å²) in [6.07, 6.45) is 0. The molecule has 0 amide bonds. The number of halogens is 1. The van der Waals surface area contributed by atoms with Crippen molar-refractivity contribution < 1.29 is 9.90 Å². The van der Waals surface area contributed by atoms with Crippen LogP contribution in [0.25, 0.3) is 21.5 Å². The minimum Gasteiger partial charge on any atom is -0.478 e. The highest BCUT2D eigenvalue weighted by Gasteiger charge is 2.16. The monoisotopic (exact) mass is 348 g/mol. The maximum Gasteiger partial charge on any atom is 0.337 e. The van der Waals surface area contributed by atoms with Crippen LogP contribution in [0.5, 0.6) is 0 Å². The second-order valence-electron chi connectivity index (χ2n) is 4.09. The van der Waals surface area contributed by atoms with Gasteiger partial charge in [0, 0.05) is 3.57 Å². The first-order valence-electron chi connectivity index (χ1n) is 5.52. The van der Waals surface area contributed by atoms with E-state index in [1.165, 1.54) is 0 Å². The van der Waals surface area contributed by atoms with Crippen molar-refractivity contribution in [2.45, 2.75) is 0 Å². The highest BCUT2D eigenvalue weighted by Crippen LogP contribution is 2.33. The number of hydrogen-bond donors (Lipinski definition) is 1. The first-order valence-corrected chi connectivity index (χ1v) is 6.60. The second-order valence-corrected chi connectivity index (χ2v) is 5.16. The smallest absolute Gasteiger partial charge is 0.337 e. The lowest BCUT2D eigenvalue weighted by atomic mass is 9.97. The largest absolute Gasteiger partial charge is 0.478 e. The molecule has 18 heavy (non-hydrogen) atoms. The van der Waals surface area contributed by atoms with Gasteiger partial charge in [0.15, 0.2) is 0 Å². The molecule has 0 aliphatic heterocycles. The van der Waals surface area contributed by atoms with Gasteiger partial charge in [-0.1, -0.05) is 48.5 Å². The lowest BCUT2D eigenvalue weighted by molar-refractivity contribution is 0.0698. The lowest BCUT2D eigenvalue weighted by Gasteiger charge is -2.10. The average Bonchev–Trinajstić information content (AvgIpc) is 2.39. The molecule has 0 aliphatic rings. The van der Waals surface area contributed by atoms with Crippen LogP contribution in [-0.4, -0.2) is 11.1 Å². The van der Waals surface area contributed by atoms with Crippen molar-refractivity contribution in [2.24, 2.45) is 0 Å². The Balaban J connectivity index is 2.66. The van der Waals surface area contributed by atoms with Gasteiger partial charge in [0.1, 0.15) is 0 Å². The van der Waals surface area contributed by atoms with Crippen LogP contribution in [0, 0.1) is 3.57 Å². The third-order valence-corrected chi connectivity index (χ3v) is 4.20. The summed E-state index contributed by atoms with van der Waals surface area (Å²) in [4.78, 5) is 11.5. The molecule has 0 radical (unpaired) electrons. The molecule has 0 atom stereocenters. The first-order chi connectivity index (χ1) is 8.70. The van der Waals surface area contributed by atoms with Crippen molar-refractivity contribution >= 4 is 50.1 Å². The fourth-order valence-electron chi connectivity index (χ4n) is 2.31. The average molecular weight is 348 g/mol. The molecule has 0 heterocycles. The Bertz CT molecular complexity index is 778. The summed E-state index contributed by atoms with van der Waals surface area (Å²) in [5, 5.41) is 13.3. The molecule has 0 aliphatic carbocycles. The van der Waals surface area contributed by atoms with Crippen LogP contribution in [0.15, 0.2) is 48.5 Å². The molecule has 0 unspecified atom stereocenters. The molecule has 0 bridgehead atoms. The predicted molar refractivity (Wildman–Crippen MR) is 81.1 cm³/mol. The summed E-state index contributed by atoms with van der Waals surface area (Å²) < 4.78 is 0.800. The van der Waals surface area contributed by atoms with Crippen molar-refractivity contribution in [3.8, 4) is 0 Å². The van der Waals surface area contributed by atoms with Crippen LogP contribution < -0.4 is 0 Å². The summed E-state index contributed by atoms with van der Waals surface area (Å²) in [7, 11) is 0. The van der Waals surface area contributed by atoms with Crippen LogP contribution in [0.3, 0.4) is 0 Å². The van der Waals surface area contributed by atoms with Gasteiger partial charge in [0.05, 0.1) is 5.56 Å². The zero-order chi connectivity index (χ0) is 12.7. The standard InChI is InChI=1S/C15H9IO2/c16-14-12-8-4-2-6-10(12)9-5-1-3-7-11(9)13(14)15(17)18/h1-8H,(H,17,18). The minimum atomic E-state index is -0.874. The molecule has 0 fully saturated rings. The van der Waals surface area contributed by atoms with E-state index >= 15 is 0 Å². The Morgan fingerprint density at radius 2 is 1.28 bits per heavy atom. The fourth-order valence-corrected chi connectivity index (χ4v) is 3.30. The Labute approximate surface area is 117 Å². The minimum absolute atomic E-state index is 0.393. The molecule has 3 aromatic rings. The van der Waals surface area contributed by atoms with E-state index in [9.17, 15) is 9.90 Å². The number of carbonyl (C=O) groups is 1. The second kappa shape index (κ2) is 4.24. The third kappa shape index (κ3) is 1.58. The number of rotatable bonds is 1. The van der Waals surface area contributed by atoms with Gasteiger partial charge >= 0.3 is 5.97 Å². The van der Waals surface area contributed by atoms with Crippen molar-refractivity contribution in [3.63, 3.8) is 0 Å². The topological polar surface area (TPSA) is 37.3 Å². The Kier molecular flexibility index (Phi) is 2.70. The van der Waals surface area contributed by atoms with Crippen LogP contribution in [0.1, 0.15) is 10.4 Å². The number of benzene rings is 3.